The number of aromatic amines is 1. The maximum Gasteiger partial charge on any atom is 0.251 e. The number of fused-ring (bicyclic) bond motifs is 1. The van der Waals surface area contributed by atoms with E-state index in [4.69, 9.17) is 5.73 Å². The molecule has 0 spiro atoms. The third-order valence-electron chi connectivity index (χ3n) is 3.26. The zero-order valence-electron chi connectivity index (χ0n) is 11.1. The van der Waals surface area contributed by atoms with Crippen molar-refractivity contribution in [2.75, 3.05) is 5.73 Å². The van der Waals surface area contributed by atoms with Crippen molar-refractivity contribution in [3.05, 3.63) is 58.2 Å². The monoisotopic (exact) mass is 344 g/mol. The second-order valence-electron chi connectivity index (χ2n) is 4.70. The number of aromatic nitrogens is 2. The zero-order valence-corrected chi connectivity index (χ0v) is 12.6. The smallest absolute Gasteiger partial charge is 0.251 e. The second kappa shape index (κ2) is 5.57. The summed E-state index contributed by atoms with van der Waals surface area (Å²) >= 11 is 3.43. The van der Waals surface area contributed by atoms with Crippen molar-refractivity contribution in [1.82, 2.24) is 15.5 Å². The summed E-state index contributed by atoms with van der Waals surface area (Å²) < 4.78 is 1.02. The van der Waals surface area contributed by atoms with Gasteiger partial charge in [-0.05, 0) is 35.0 Å². The summed E-state index contributed by atoms with van der Waals surface area (Å²) in [6.45, 7) is 0.347. The molecule has 1 heterocycles. The van der Waals surface area contributed by atoms with Crippen LogP contribution in [-0.2, 0) is 6.54 Å². The Balaban J connectivity index is 1.78. The van der Waals surface area contributed by atoms with Crippen molar-refractivity contribution in [3.63, 3.8) is 0 Å². The molecule has 3 aromatic rings. The van der Waals surface area contributed by atoms with Gasteiger partial charge in [0.2, 0.25) is 0 Å². The fraction of sp³-hybridized carbons (Fsp3) is 0.0667. The van der Waals surface area contributed by atoms with E-state index in [1.54, 1.807) is 6.20 Å². The number of carbonyl (C=O) groups is 1. The number of carbonyl (C=O) groups excluding carboxylic acids is 1. The number of benzene rings is 2. The normalized spacial score (nSPS) is 10.7. The average molecular weight is 345 g/mol. The Bertz CT molecular complexity index is 812. The van der Waals surface area contributed by atoms with E-state index < -0.39 is 0 Å². The van der Waals surface area contributed by atoms with Crippen LogP contribution in [0.25, 0.3) is 10.8 Å². The molecule has 0 saturated carbocycles. The van der Waals surface area contributed by atoms with E-state index >= 15 is 0 Å². The summed E-state index contributed by atoms with van der Waals surface area (Å²) in [7, 11) is 0. The first kappa shape index (κ1) is 13.6. The van der Waals surface area contributed by atoms with Gasteiger partial charge in [0, 0.05) is 22.1 Å². The summed E-state index contributed by atoms with van der Waals surface area (Å²) in [6.07, 6.45) is 1.60. The van der Waals surface area contributed by atoms with Gasteiger partial charge in [-0.2, -0.15) is 5.10 Å². The van der Waals surface area contributed by atoms with Gasteiger partial charge in [0.15, 0.2) is 0 Å². The number of nitrogen functional groups attached to an aromatic ring is 1. The van der Waals surface area contributed by atoms with Crippen LogP contribution in [-0.4, -0.2) is 16.1 Å². The maximum absolute atomic E-state index is 12.2. The number of nitrogens with one attached hydrogen (secondary N) is 2. The molecule has 0 unspecified atom stereocenters. The average Bonchev–Trinajstić information content (AvgIpc) is 2.89. The standard InChI is InChI=1S/C15H13BrN4O/c16-13-4-3-9-5-11(2-1-10(9)6-13)15(21)18-7-12-8-19-20-14(12)17/h1-6,8H,7H2,(H,18,21)(H3,17,19,20). The highest BCUT2D eigenvalue weighted by molar-refractivity contribution is 9.10. The van der Waals surface area contributed by atoms with Gasteiger partial charge in [-0.15, -0.1) is 0 Å². The molecule has 0 atom stereocenters. The fourth-order valence-corrected chi connectivity index (χ4v) is 2.48. The number of amides is 1. The third kappa shape index (κ3) is 2.90. The number of H-pyrrole nitrogens is 1. The summed E-state index contributed by atoms with van der Waals surface area (Å²) in [4.78, 5) is 12.2. The molecule has 6 heteroatoms. The fourth-order valence-electron chi connectivity index (χ4n) is 2.10. The lowest BCUT2D eigenvalue weighted by Crippen LogP contribution is -2.22. The van der Waals surface area contributed by atoms with Crippen molar-refractivity contribution in [3.8, 4) is 0 Å². The highest BCUT2D eigenvalue weighted by atomic mass is 79.9. The Morgan fingerprint density at radius 1 is 1.24 bits per heavy atom. The Labute approximate surface area is 129 Å². The van der Waals surface area contributed by atoms with E-state index in [0.29, 0.717) is 17.9 Å². The van der Waals surface area contributed by atoms with Gasteiger partial charge in [-0.1, -0.05) is 28.1 Å². The van der Waals surface area contributed by atoms with E-state index in [0.717, 1.165) is 20.8 Å². The maximum atomic E-state index is 12.2. The molecule has 1 amide bonds. The molecule has 106 valence electrons. The van der Waals surface area contributed by atoms with Gasteiger partial charge < -0.3 is 11.1 Å². The van der Waals surface area contributed by atoms with Crippen LogP contribution in [0, 0.1) is 0 Å². The Morgan fingerprint density at radius 3 is 2.76 bits per heavy atom. The number of nitrogens with zero attached hydrogens (tertiary/aromatic N) is 1. The summed E-state index contributed by atoms with van der Waals surface area (Å²) in [6, 6.07) is 11.6. The van der Waals surface area contributed by atoms with Gasteiger partial charge in [0.05, 0.1) is 6.20 Å². The van der Waals surface area contributed by atoms with Crippen LogP contribution in [0.15, 0.2) is 47.1 Å². The summed E-state index contributed by atoms with van der Waals surface area (Å²) in [5.74, 6) is 0.332. The van der Waals surface area contributed by atoms with E-state index in [-0.39, 0.29) is 5.91 Å². The highest BCUT2D eigenvalue weighted by Crippen LogP contribution is 2.21. The lowest BCUT2D eigenvalue weighted by atomic mass is 10.1. The molecule has 0 fully saturated rings. The molecule has 0 aliphatic carbocycles. The first-order chi connectivity index (χ1) is 10.1. The van der Waals surface area contributed by atoms with Gasteiger partial charge in [-0.3, -0.25) is 9.89 Å². The van der Waals surface area contributed by atoms with E-state index in [1.165, 1.54) is 0 Å². The Hall–Kier alpha value is -2.34. The number of hydrogen-bond donors (Lipinski definition) is 3. The molecular formula is C15H13BrN4O. The SMILES string of the molecule is Nc1[nH]ncc1CNC(=O)c1ccc2cc(Br)ccc2c1. The Morgan fingerprint density at radius 2 is 2.00 bits per heavy atom. The first-order valence-electron chi connectivity index (χ1n) is 6.39. The topological polar surface area (TPSA) is 83.8 Å². The summed E-state index contributed by atoms with van der Waals surface area (Å²) in [5.41, 5.74) is 7.07. The van der Waals surface area contributed by atoms with Gasteiger partial charge in [0.1, 0.15) is 5.82 Å². The molecule has 0 radical (unpaired) electrons. The predicted octanol–water partition coefficient (Wildman–Crippen LogP) is 2.84. The molecule has 3 rings (SSSR count). The molecule has 21 heavy (non-hydrogen) atoms. The van der Waals surface area contributed by atoms with Crippen LogP contribution in [0.2, 0.25) is 0 Å². The quantitative estimate of drug-likeness (QED) is 0.683. The molecule has 0 saturated heterocycles. The number of anilines is 1. The third-order valence-corrected chi connectivity index (χ3v) is 3.75. The van der Waals surface area contributed by atoms with Crippen molar-refractivity contribution < 1.29 is 4.79 Å². The van der Waals surface area contributed by atoms with E-state index in [9.17, 15) is 4.79 Å². The molecule has 2 aromatic carbocycles. The minimum absolute atomic E-state index is 0.139. The minimum Gasteiger partial charge on any atom is -0.384 e. The summed E-state index contributed by atoms with van der Waals surface area (Å²) in [5, 5.41) is 11.4. The van der Waals surface area contributed by atoms with E-state index in [2.05, 4.69) is 31.4 Å². The van der Waals surface area contributed by atoms with Crippen molar-refractivity contribution in [1.29, 1.82) is 0 Å². The Kier molecular flexibility index (Phi) is 3.62. The molecule has 0 aliphatic heterocycles. The van der Waals surface area contributed by atoms with Crippen LogP contribution in [0.5, 0.6) is 0 Å². The molecule has 4 N–H and O–H groups in total. The zero-order chi connectivity index (χ0) is 14.8. The molecular weight excluding hydrogens is 332 g/mol. The van der Waals surface area contributed by atoms with Crippen LogP contribution >= 0.6 is 15.9 Å². The van der Waals surface area contributed by atoms with Crippen molar-refractivity contribution in [2.45, 2.75) is 6.54 Å². The minimum atomic E-state index is -0.139. The van der Waals surface area contributed by atoms with Crippen molar-refractivity contribution >= 4 is 38.4 Å². The van der Waals surface area contributed by atoms with Crippen LogP contribution < -0.4 is 11.1 Å². The molecule has 5 nitrogen and oxygen atoms in total. The lowest BCUT2D eigenvalue weighted by Gasteiger charge is -2.06. The van der Waals surface area contributed by atoms with Crippen molar-refractivity contribution in [2.24, 2.45) is 0 Å². The van der Waals surface area contributed by atoms with Crippen LogP contribution in [0.3, 0.4) is 0 Å². The van der Waals surface area contributed by atoms with Gasteiger partial charge in [0.25, 0.3) is 5.91 Å². The predicted molar refractivity (Wildman–Crippen MR) is 85.8 cm³/mol. The van der Waals surface area contributed by atoms with E-state index in [1.807, 2.05) is 36.4 Å². The van der Waals surface area contributed by atoms with Crippen LogP contribution in [0.4, 0.5) is 5.82 Å². The second-order valence-corrected chi connectivity index (χ2v) is 5.61. The van der Waals surface area contributed by atoms with Gasteiger partial charge in [-0.25, -0.2) is 0 Å². The number of halogens is 1. The largest absolute Gasteiger partial charge is 0.384 e. The van der Waals surface area contributed by atoms with Crippen LogP contribution in [0.1, 0.15) is 15.9 Å². The molecule has 0 bridgehead atoms. The highest BCUT2D eigenvalue weighted by Gasteiger charge is 2.08. The number of nitrogens with two attached hydrogens (primary N) is 1. The molecule has 0 aliphatic rings. The number of hydrogen-bond acceptors (Lipinski definition) is 3. The first-order valence-corrected chi connectivity index (χ1v) is 7.18. The lowest BCUT2D eigenvalue weighted by molar-refractivity contribution is 0.0951. The van der Waals surface area contributed by atoms with Gasteiger partial charge >= 0.3 is 0 Å². The molecule has 1 aromatic heterocycles. The number of rotatable bonds is 3.